The Kier molecular flexibility index (Phi) is 5.21. The van der Waals surface area contributed by atoms with E-state index in [-0.39, 0.29) is 5.91 Å². The first-order valence-electron chi connectivity index (χ1n) is 7.60. The smallest absolute Gasteiger partial charge is 0.265 e. The quantitative estimate of drug-likeness (QED) is 0.881. The Morgan fingerprint density at radius 1 is 1.05 bits per heavy atom. The third-order valence-electron chi connectivity index (χ3n) is 3.52. The van der Waals surface area contributed by atoms with Gasteiger partial charge in [-0.05, 0) is 49.6 Å². The predicted molar refractivity (Wildman–Crippen MR) is 90.4 cm³/mol. The SMILES string of the molecule is Cc1ccc(OC(C)C(=O)Nc2cccc(C(C)C)c2)cc1. The number of hydrogen-bond donors (Lipinski definition) is 1. The lowest BCUT2D eigenvalue weighted by Gasteiger charge is -2.15. The van der Waals surface area contributed by atoms with Gasteiger partial charge in [0.15, 0.2) is 6.10 Å². The molecular formula is C19H23NO2. The summed E-state index contributed by atoms with van der Waals surface area (Å²) in [4.78, 5) is 12.2. The molecule has 116 valence electrons. The van der Waals surface area contributed by atoms with Gasteiger partial charge < -0.3 is 10.1 Å². The lowest BCUT2D eigenvalue weighted by atomic mass is 10.0. The Bertz CT molecular complexity index is 632. The number of aryl methyl sites for hydroxylation is 1. The second-order valence-electron chi connectivity index (χ2n) is 5.84. The first-order chi connectivity index (χ1) is 10.5. The molecule has 0 saturated carbocycles. The van der Waals surface area contributed by atoms with Crippen molar-refractivity contribution >= 4 is 11.6 Å². The molecule has 3 nitrogen and oxygen atoms in total. The lowest BCUT2D eigenvalue weighted by Crippen LogP contribution is -2.30. The maximum atomic E-state index is 12.2. The van der Waals surface area contributed by atoms with E-state index in [1.165, 1.54) is 5.56 Å². The van der Waals surface area contributed by atoms with Crippen LogP contribution in [0, 0.1) is 6.92 Å². The van der Waals surface area contributed by atoms with Gasteiger partial charge in [-0.3, -0.25) is 4.79 Å². The highest BCUT2D eigenvalue weighted by molar-refractivity contribution is 5.94. The summed E-state index contributed by atoms with van der Waals surface area (Å²) in [6.07, 6.45) is -0.551. The number of benzene rings is 2. The molecule has 0 saturated heterocycles. The third kappa shape index (κ3) is 4.35. The Morgan fingerprint density at radius 3 is 2.36 bits per heavy atom. The number of anilines is 1. The molecule has 22 heavy (non-hydrogen) atoms. The molecule has 1 N–H and O–H groups in total. The molecule has 0 aromatic heterocycles. The highest BCUT2D eigenvalue weighted by Gasteiger charge is 2.15. The standard InChI is InChI=1S/C19H23NO2/c1-13(2)16-6-5-7-17(12-16)20-19(21)15(4)22-18-10-8-14(3)9-11-18/h5-13,15H,1-4H3,(H,20,21). The van der Waals surface area contributed by atoms with E-state index in [1.54, 1.807) is 6.92 Å². The van der Waals surface area contributed by atoms with Crippen molar-refractivity contribution in [1.29, 1.82) is 0 Å². The Balaban J connectivity index is 1.99. The molecule has 0 heterocycles. The zero-order chi connectivity index (χ0) is 16.1. The molecule has 1 atom stereocenters. The Labute approximate surface area is 132 Å². The van der Waals surface area contributed by atoms with Gasteiger partial charge in [0.2, 0.25) is 0 Å². The minimum Gasteiger partial charge on any atom is -0.481 e. The molecule has 2 rings (SSSR count). The number of hydrogen-bond acceptors (Lipinski definition) is 2. The van der Waals surface area contributed by atoms with Gasteiger partial charge in [0.05, 0.1) is 0 Å². The van der Waals surface area contributed by atoms with Gasteiger partial charge in [-0.2, -0.15) is 0 Å². The minimum absolute atomic E-state index is 0.151. The van der Waals surface area contributed by atoms with Crippen LogP contribution in [0.4, 0.5) is 5.69 Å². The fraction of sp³-hybridized carbons (Fsp3) is 0.316. The van der Waals surface area contributed by atoms with Gasteiger partial charge in [-0.25, -0.2) is 0 Å². The van der Waals surface area contributed by atoms with Crippen LogP contribution in [-0.4, -0.2) is 12.0 Å². The van der Waals surface area contributed by atoms with E-state index in [4.69, 9.17) is 4.74 Å². The highest BCUT2D eigenvalue weighted by Crippen LogP contribution is 2.19. The van der Waals surface area contributed by atoms with Gasteiger partial charge >= 0.3 is 0 Å². The van der Waals surface area contributed by atoms with Crippen molar-refractivity contribution in [1.82, 2.24) is 0 Å². The lowest BCUT2D eigenvalue weighted by molar-refractivity contribution is -0.122. The zero-order valence-electron chi connectivity index (χ0n) is 13.6. The van der Waals surface area contributed by atoms with Crippen LogP contribution < -0.4 is 10.1 Å². The highest BCUT2D eigenvalue weighted by atomic mass is 16.5. The van der Waals surface area contributed by atoms with Crippen molar-refractivity contribution in [2.45, 2.75) is 39.7 Å². The largest absolute Gasteiger partial charge is 0.481 e. The molecule has 1 unspecified atom stereocenters. The van der Waals surface area contributed by atoms with Crippen LogP contribution in [0.5, 0.6) is 5.75 Å². The Morgan fingerprint density at radius 2 is 1.73 bits per heavy atom. The average molecular weight is 297 g/mol. The van der Waals surface area contributed by atoms with Crippen LogP contribution in [0.3, 0.4) is 0 Å². The van der Waals surface area contributed by atoms with Crippen LogP contribution in [0.25, 0.3) is 0 Å². The molecule has 2 aromatic carbocycles. The van der Waals surface area contributed by atoms with Crippen molar-refractivity contribution < 1.29 is 9.53 Å². The van der Waals surface area contributed by atoms with Crippen LogP contribution in [0.15, 0.2) is 48.5 Å². The van der Waals surface area contributed by atoms with Gasteiger partial charge in [-0.1, -0.05) is 43.7 Å². The summed E-state index contributed by atoms with van der Waals surface area (Å²) < 4.78 is 5.67. The molecule has 0 aliphatic rings. The van der Waals surface area contributed by atoms with Gasteiger partial charge in [-0.15, -0.1) is 0 Å². The maximum Gasteiger partial charge on any atom is 0.265 e. The number of ether oxygens (including phenoxy) is 1. The summed E-state index contributed by atoms with van der Waals surface area (Å²) in [6.45, 7) is 8.03. The van der Waals surface area contributed by atoms with E-state index in [2.05, 4.69) is 25.2 Å². The average Bonchev–Trinajstić information content (AvgIpc) is 2.49. The second-order valence-corrected chi connectivity index (χ2v) is 5.84. The van der Waals surface area contributed by atoms with Crippen LogP contribution in [-0.2, 0) is 4.79 Å². The monoisotopic (exact) mass is 297 g/mol. The summed E-state index contributed by atoms with van der Waals surface area (Å²) in [7, 11) is 0. The molecule has 0 aliphatic carbocycles. The molecule has 0 fully saturated rings. The van der Waals surface area contributed by atoms with Crippen molar-refractivity contribution in [3.8, 4) is 5.75 Å². The van der Waals surface area contributed by atoms with Crippen molar-refractivity contribution in [3.63, 3.8) is 0 Å². The first-order valence-corrected chi connectivity index (χ1v) is 7.60. The summed E-state index contributed by atoms with van der Waals surface area (Å²) >= 11 is 0. The molecule has 2 aromatic rings. The van der Waals surface area contributed by atoms with E-state index in [1.807, 2.05) is 49.4 Å². The van der Waals surface area contributed by atoms with E-state index < -0.39 is 6.10 Å². The molecule has 0 radical (unpaired) electrons. The van der Waals surface area contributed by atoms with E-state index in [9.17, 15) is 4.79 Å². The van der Waals surface area contributed by atoms with Gasteiger partial charge in [0.1, 0.15) is 5.75 Å². The van der Waals surface area contributed by atoms with Crippen molar-refractivity contribution in [2.75, 3.05) is 5.32 Å². The second kappa shape index (κ2) is 7.12. The number of carbonyl (C=O) groups excluding carboxylic acids is 1. The zero-order valence-corrected chi connectivity index (χ0v) is 13.6. The van der Waals surface area contributed by atoms with Crippen molar-refractivity contribution in [3.05, 3.63) is 59.7 Å². The minimum atomic E-state index is -0.551. The van der Waals surface area contributed by atoms with Crippen LogP contribution in [0.1, 0.15) is 37.8 Å². The molecule has 0 spiro atoms. The van der Waals surface area contributed by atoms with E-state index in [0.29, 0.717) is 11.7 Å². The Hall–Kier alpha value is -2.29. The summed E-state index contributed by atoms with van der Waals surface area (Å²) in [5.74, 6) is 0.976. The van der Waals surface area contributed by atoms with Crippen LogP contribution in [0.2, 0.25) is 0 Å². The molecular weight excluding hydrogens is 274 g/mol. The fourth-order valence-corrected chi connectivity index (χ4v) is 2.09. The molecule has 3 heteroatoms. The number of amides is 1. The van der Waals surface area contributed by atoms with Crippen LogP contribution >= 0.6 is 0 Å². The molecule has 1 amide bonds. The fourth-order valence-electron chi connectivity index (χ4n) is 2.09. The molecule has 0 aliphatic heterocycles. The number of carbonyl (C=O) groups is 1. The topological polar surface area (TPSA) is 38.3 Å². The van der Waals surface area contributed by atoms with E-state index in [0.717, 1.165) is 11.3 Å². The van der Waals surface area contributed by atoms with Crippen molar-refractivity contribution in [2.24, 2.45) is 0 Å². The van der Waals surface area contributed by atoms with E-state index >= 15 is 0 Å². The third-order valence-corrected chi connectivity index (χ3v) is 3.52. The maximum absolute atomic E-state index is 12.2. The van der Waals surface area contributed by atoms with Gasteiger partial charge in [0, 0.05) is 5.69 Å². The summed E-state index contributed by atoms with van der Waals surface area (Å²) in [5.41, 5.74) is 3.16. The first kappa shape index (κ1) is 16.1. The summed E-state index contributed by atoms with van der Waals surface area (Å²) in [6, 6.07) is 15.6. The molecule has 0 bridgehead atoms. The summed E-state index contributed by atoms with van der Waals surface area (Å²) in [5, 5.41) is 2.90. The number of nitrogens with one attached hydrogen (secondary N) is 1. The predicted octanol–water partition coefficient (Wildman–Crippen LogP) is 4.52. The number of rotatable bonds is 5. The van der Waals surface area contributed by atoms with Gasteiger partial charge in [0.25, 0.3) is 5.91 Å². The normalized spacial score (nSPS) is 12.0.